The number of carbonyl (C=O) groups excluding carboxylic acids is 1. The zero-order chi connectivity index (χ0) is 22.5. The first-order valence-electron chi connectivity index (χ1n) is 12.2. The van der Waals surface area contributed by atoms with Gasteiger partial charge in [0.2, 0.25) is 5.75 Å². The lowest BCUT2D eigenvalue weighted by Gasteiger charge is -2.34. The maximum Gasteiger partial charge on any atom is 0.315 e. The molecule has 0 spiro atoms. The molecule has 2 saturated carbocycles. The fourth-order valence-electron chi connectivity index (χ4n) is 5.92. The summed E-state index contributed by atoms with van der Waals surface area (Å²) < 4.78 is 1.85. The minimum Gasteiger partial charge on any atom is -0.501 e. The summed E-state index contributed by atoms with van der Waals surface area (Å²) in [5.41, 5.74) is 0.585. The number of fused-ring (bicyclic) bond motifs is 2. The molecule has 6 rings (SSSR count). The Morgan fingerprint density at radius 3 is 2.52 bits per heavy atom. The van der Waals surface area contributed by atoms with E-state index < -0.39 is 11.3 Å². The summed E-state index contributed by atoms with van der Waals surface area (Å²) >= 11 is 0. The Morgan fingerprint density at radius 2 is 1.73 bits per heavy atom. The highest BCUT2D eigenvalue weighted by Crippen LogP contribution is 2.44. The Kier molecular flexibility index (Phi) is 4.97. The number of amides is 1. The van der Waals surface area contributed by atoms with Gasteiger partial charge in [-0.15, -0.1) is 0 Å². The third kappa shape index (κ3) is 3.52. The smallest absolute Gasteiger partial charge is 0.315 e. The molecule has 6 nitrogen and oxygen atoms in total. The molecule has 1 atom stereocenters. The van der Waals surface area contributed by atoms with E-state index in [9.17, 15) is 14.7 Å². The van der Waals surface area contributed by atoms with Gasteiger partial charge in [0.25, 0.3) is 5.91 Å². The van der Waals surface area contributed by atoms with E-state index in [1.807, 2.05) is 16.7 Å². The molecule has 2 heterocycles. The largest absolute Gasteiger partial charge is 0.501 e. The van der Waals surface area contributed by atoms with Crippen LogP contribution in [0.4, 0.5) is 0 Å². The SMILES string of the molecule is O=C1c2c(O)c(=O)nc(C(c3cccc4ccccc34)C3CCCC3)n2CCN1CC1CC1. The Hall–Kier alpha value is -3.15. The summed E-state index contributed by atoms with van der Waals surface area (Å²) in [5, 5.41) is 13.0. The van der Waals surface area contributed by atoms with Gasteiger partial charge in [-0.2, -0.15) is 4.98 Å². The molecule has 2 aromatic carbocycles. The van der Waals surface area contributed by atoms with E-state index in [4.69, 9.17) is 0 Å². The summed E-state index contributed by atoms with van der Waals surface area (Å²) in [6.45, 7) is 1.85. The van der Waals surface area contributed by atoms with Gasteiger partial charge in [-0.25, -0.2) is 0 Å². The number of carbonyl (C=O) groups is 1. The molecular weight excluding hydrogens is 414 g/mol. The van der Waals surface area contributed by atoms with Crippen molar-refractivity contribution >= 4 is 16.7 Å². The molecule has 3 aliphatic rings. The molecule has 3 aromatic rings. The number of nitrogens with zero attached hydrogens (tertiary/aromatic N) is 3. The molecule has 0 bridgehead atoms. The number of aromatic nitrogens is 2. The van der Waals surface area contributed by atoms with Crippen LogP contribution in [-0.2, 0) is 6.54 Å². The highest BCUT2D eigenvalue weighted by atomic mass is 16.3. The molecule has 0 saturated heterocycles. The number of hydrogen-bond donors (Lipinski definition) is 1. The van der Waals surface area contributed by atoms with E-state index >= 15 is 0 Å². The second kappa shape index (κ2) is 8.01. The van der Waals surface area contributed by atoms with E-state index in [0.717, 1.165) is 54.9 Å². The first-order chi connectivity index (χ1) is 16.1. The minimum atomic E-state index is -0.693. The van der Waals surface area contributed by atoms with Crippen molar-refractivity contribution in [2.24, 2.45) is 11.8 Å². The molecule has 1 amide bonds. The lowest BCUT2D eigenvalue weighted by molar-refractivity contribution is 0.0683. The molecule has 33 heavy (non-hydrogen) atoms. The zero-order valence-electron chi connectivity index (χ0n) is 18.7. The van der Waals surface area contributed by atoms with Crippen molar-refractivity contribution < 1.29 is 9.90 Å². The molecule has 6 heteroatoms. The van der Waals surface area contributed by atoms with E-state index in [2.05, 4.69) is 35.3 Å². The van der Waals surface area contributed by atoms with Gasteiger partial charge < -0.3 is 14.6 Å². The van der Waals surface area contributed by atoms with Crippen molar-refractivity contribution in [2.75, 3.05) is 13.1 Å². The first kappa shape index (κ1) is 20.5. The molecule has 170 valence electrons. The van der Waals surface area contributed by atoms with Crippen molar-refractivity contribution in [1.29, 1.82) is 0 Å². The van der Waals surface area contributed by atoms with Crippen LogP contribution in [0.15, 0.2) is 47.3 Å². The molecule has 1 aromatic heterocycles. The summed E-state index contributed by atoms with van der Waals surface area (Å²) in [6.07, 6.45) is 6.76. The van der Waals surface area contributed by atoms with Gasteiger partial charge in [0, 0.05) is 25.6 Å². The lowest BCUT2D eigenvalue weighted by Crippen LogP contribution is -2.44. The van der Waals surface area contributed by atoms with Crippen molar-refractivity contribution in [3.8, 4) is 5.75 Å². The molecule has 1 unspecified atom stereocenters. The highest BCUT2D eigenvalue weighted by Gasteiger charge is 2.38. The van der Waals surface area contributed by atoms with Crippen molar-refractivity contribution in [2.45, 2.75) is 51.0 Å². The number of benzene rings is 2. The van der Waals surface area contributed by atoms with Crippen molar-refractivity contribution in [3.63, 3.8) is 0 Å². The van der Waals surface area contributed by atoms with Crippen LogP contribution in [0, 0.1) is 11.8 Å². The van der Waals surface area contributed by atoms with Gasteiger partial charge in [-0.1, -0.05) is 55.3 Å². The van der Waals surface area contributed by atoms with E-state index in [1.54, 1.807) is 4.90 Å². The maximum atomic E-state index is 13.4. The molecule has 2 aliphatic carbocycles. The fourth-order valence-corrected chi connectivity index (χ4v) is 5.92. The third-order valence-electron chi connectivity index (χ3n) is 7.76. The number of hydrogen-bond acceptors (Lipinski definition) is 4. The maximum absolute atomic E-state index is 13.4. The number of rotatable bonds is 5. The van der Waals surface area contributed by atoms with Gasteiger partial charge >= 0.3 is 5.56 Å². The third-order valence-corrected chi connectivity index (χ3v) is 7.76. The fraction of sp³-hybridized carbons (Fsp3) is 0.444. The topological polar surface area (TPSA) is 75.4 Å². The average molecular weight is 444 g/mol. The van der Waals surface area contributed by atoms with Gasteiger partial charge in [0.05, 0.1) is 0 Å². The quantitative estimate of drug-likeness (QED) is 0.638. The van der Waals surface area contributed by atoms with Crippen LogP contribution < -0.4 is 5.56 Å². The standard InChI is InChI=1S/C27H29N3O3/c31-24-23-27(33)29(16-17-12-13-17)14-15-30(23)25(28-26(24)32)22(19-7-1-2-8-19)21-11-5-9-18-6-3-4-10-20(18)21/h3-6,9-11,17,19,22,31H,1-2,7-8,12-16H2. The first-order valence-corrected chi connectivity index (χ1v) is 12.2. The predicted octanol–water partition coefficient (Wildman–Crippen LogP) is 4.29. The Labute approximate surface area is 192 Å². The molecular formula is C27H29N3O3. The van der Waals surface area contributed by atoms with Crippen molar-refractivity contribution in [3.05, 3.63) is 69.9 Å². The Morgan fingerprint density at radius 1 is 0.970 bits per heavy atom. The Balaban J connectivity index is 1.54. The summed E-state index contributed by atoms with van der Waals surface area (Å²) in [7, 11) is 0. The van der Waals surface area contributed by atoms with Crippen LogP contribution >= 0.6 is 0 Å². The summed E-state index contributed by atoms with van der Waals surface area (Å²) in [6, 6.07) is 14.6. The second-order valence-corrected chi connectivity index (χ2v) is 9.91. The predicted molar refractivity (Wildman–Crippen MR) is 127 cm³/mol. The second-order valence-electron chi connectivity index (χ2n) is 9.91. The molecule has 0 radical (unpaired) electrons. The van der Waals surface area contributed by atoms with Gasteiger partial charge in [0.15, 0.2) is 5.69 Å². The van der Waals surface area contributed by atoms with Gasteiger partial charge in [-0.3, -0.25) is 9.59 Å². The number of aromatic hydroxyl groups is 1. The van der Waals surface area contributed by atoms with Crippen LogP contribution in [0.25, 0.3) is 10.8 Å². The highest BCUT2D eigenvalue weighted by molar-refractivity contribution is 5.96. The average Bonchev–Trinajstić information content (AvgIpc) is 3.49. The summed E-state index contributed by atoms with van der Waals surface area (Å²) in [4.78, 5) is 32.5. The van der Waals surface area contributed by atoms with Crippen LogP contribution in [0.3, 0.4) is 0 Å². The molecule has 2 fully saturated rings. The van der Waals surface area contributed by atoms with E-state index in [1.165, 1.54) is 0 Å². The zero-order valence-corrected chi connectivity index (χ0v) is 18.7. The van der Waals surface area contributed by atoms with Gasteiger partial charge in [-0.05, 0) is 53.9 Å². The minimum absolute atomic E-state index is 0.0894. The van der Waals surface area contributed by atoms with Crippen LogP contribution in [0.1, 0.15) is 66.3 Å². The van der Waals surface area contributed by atoms with Crippen LogP contribution in [-0.4, -0.2) is 38.6 Å². The summed E-state index contributed by atoms with van der Waals surface area (Å²) in [5.74, 6) is 0.701. The monoisotopic (exact) mass is 443 g/mol. The van der Waals surface area contributed by atoms with Crippen molar-refractivity contribution in [1.82, 2.24) is 14.5 Å². The van der Waals surface area contributed by atoms with Gasteiger partial charge in [0.1, 0.15) is 5.82 Å². The van der Waals surface area contributed by atoms with Crippen LogP contribution in [0.5, 0.6) is 5.75 Å². The Bertz CT molecular complexity index is 1280. The van der Waals surface area contributed by atoms with E-state index in [-0.39, 0.29) is 17.5 Å². The normalized spacial score (nSPS) is 19.8. The molecule has 1 aliphatic heterocycles. The van der Waals surface area contributed by atoms with Crippen LogP contribution in [0.2, 0.25) is 0 Å². The molecule has 1 N–H and O–H groups in total. The van der Waals surface area contributed by atoms with E-state index in [0.29, 0.717) is 37.3 Å². The lowest BCUT2D eigenvalue weighted by atomic mass is 9.81.